The summed E-state index contributed by atoms with van der Waals surface area (Å²) in [5.41, 5.74) is 1.69. The van der Waals surface area contributed by atoms with Crippen LogP contribution in [-0.4, -0.2) is 4.98 Å². The van der Waals surface area contributed by atoms with Crippen LogP contribution in [0.3, 0.4) is 0 Å². The molecule has 0 amide bonds. The van der Waals surface area contributed by atoms with Crippen molar-refractivity contribution in [2.45, 2.75) is 0 Å². The van der Waals surface area contributed by atoms with E-state index in [0.29, 0.717) is 11.1 Å². The second kappa shape index (κ2) is 4.39. The predicted octanol–water partition coefficient (Wildman–Crippen LogP) is 4.32. The molecule has 0 radical (unpaired) electrons. The SMILES string of the molecule is Fc1cc(-c2ccc3ncccc3c2)cc(F)c1F. The van der Waals surface area contributed by atoms with Crippen molar-refractivity contribution >= 4 is 10.9 Å². The molecular formula is C15H8F3N. The van der Waals surface area contributed by atoms with Crippen molar-refractivity contribution in [3.05, 3.63) is 66.1 Å². The molecule has 1 nitrogen and oxygen atoms in total. The number of pyridine rings is 1. The topological polar surface area (TPSA) is 12.9 Å². The quantitative estimate of drug-likeness (QED) is 0.593. The van der Waals surface area contributed by atoms with Crippen molar-refractivity contribution in [2.24, 2.45) is 0 Å². The van der Waals surface area contributed by atoms with Crippen molar-refractivity contribution < 1.29 is 13.2 Å². The fourth-order valence-corrected chi connectivity index (χ4v) is 1.98. The number of hydrogen-bond acceptors (Lipinski definition) is 1. The summed E-state index contributed by atoms with van der Waals surface area (Å²) in [6.07, 6.45) is 1.67. The molecule has 0 saturated heterocycles. The summed E-state index contributed by atoms with van der Waals surface area (Å²) in [6.45, 7) is 0. The summed E-state index contributed by atoms with van der Waals surface area (Å²) >= 11 is 0. The third-order valence-corrected chi connectivity index (χ3v) is 2.92. The van der Waals surface area contributed by atoms with Gasteiger partial charge >= 0.3 is 0 Å². The fraction of sp³-hybridized carbons (Fsp3) is 0. The molecule has 0 bridgehead atoms. The number of aromatic nitrogens is 1. The molecule has 94 valence electrons. The number of fused-ring (bicyclic) bond motifs is 1. The van der Waals surface area contributed by atoms with E-state index in [2.05, 4.69) is 4.98 Å². The first kappa shape index (κ1) is 11.7. The van der Waals surface area contributed by atoms with Crippen LogP contribution in [0.1, 0.15) is 0 Å². The lowest BCUT2D eigenvalue weighted by Crippen LogP contribution is -1.92. The second-order valence-corrected chi connectivity index (χ2v) is 4.16. The highest BCUT2D eigenvalue weighted by Crippen LogP contribution is 2.26. The highest BCUT2D eigenvalue weighted by atomic mass is 19.2. The lowest BCUT2D eigenvalue weighted by atomic mass is 10.0. The van der Waals surface area contributed by atoms with Crippen LogP contribution in [-0.2, 0) is 0 Å². The van der Waals surface area contributed by atoms with Gasteiger partial charge < -0.3 is 0 Å². The van der Waals surface area contributed by atoms with Crippen LogP contribution < -0.4 is 0 Å². The molecule has 0 spiro atoms. The maximum absolute atomic E-state index is 13.2. The van der Waals surface area contributed by atoms with Gasteiger partial charge in [-0.2, -0.15) is 0 Å². The molecule has 1 heterocycles. The molecule has 0 aliphatic heterocycles. The van der Waals surface area contributed by atoms with Gasteiger partial charge in [0.15, 0.2) is 17.5 Å². The first-order valence-corrected chi connectivity index (χ1v) is 5.65. The van der Waals surface area contributed by atoms with Crippen molar-refractivity contribution in [3.8, 4) is 11.1 Å². The van der Waals surface area contributed by atoms with E-state index in [-0.39, 0.29) is 0 Å². The fourth-order valence-electron chi connectivity index (χ4n) is 1.98. The van der Waals surface area contributed by atoms with E-state index in [0.717, 1.165) is 23.0 Å². The van der Waals surface area contributed by atoms with E-state index in [1.165, 1.54) is 0 Å². The van der Waals surface area contributed by atoms with E-state index in [4.69, 9.17) is 0 Å². The Balaban J connectivity index is 2.19. The molecule has 0 atom stereocenters. The first-order valence-electron chi connectivity index (χ1n) is 5.65. The third-order valence-electron chi connectivity index (χ3n) is 2.92. The van der Waals surface area contributed by atoms with E-state index in [9.17, 15) is 13.2 Å². The lowest BCUT2D eigenvalue weighted by Gasteiger charge is -2.05. The highest BCUT2D eigenvalue weighted by Gasteiger charge is 2.11. The molecular weight excluding hydrogens is 251 g/mol. The average molecular weight is 259 g/mol. The molecule has 1 aromatic heterocycles. The Hall–Kier alpha value is -2.36. The van der Waals surface area contributed by atoms with Crippen LogP contribution in [0.4, 0.5) is 13.2 Å². The normalized spacial score (nSPS) is 10.9. The van der Waals surface area contributed by atoms with Crippen LogP contribution in [0.2, 0.25) is 0 Å². The van der Waals surface area contributed by atoms with Crippen LogP contribution in [0.25, 0.3) is 22.0 Å². The third kappa shape index (κ3) is 2.05. The highest BCUT2D eigenvalue weighted by molar-refractivity contribution is 5.84. The smallest absolute Gasteiger partial charge is 0.194 e. The summed E-state index contributed by atoms with van der Waals surface area (Å²) in [7, 11) is 0. The Morgan fingerprint density at radius 2 is 1.53 bits per heavy atom. The largest absolute Gasteiger partial charge is 0.256 e. The molecule has 2 aromatic carbocycles. The average Bonchev–Trinajstić information content (AvgIpc) is 2.43. The Labute approximate surface area is 107 Å². The van der Waals surface area contributed by atoms with E-state index in [1.807, 2.05) is 6.07 Å². The summed E-state index contributed by atoms with van der Waals surface area (Å²) in [5.74, 6) is -3.84. The summed E-state index contributed by atoms with van der Waals surface area (Å²) in [6, 6.07) is 10.8. The van der Waals surface area contributed by atoms with Gasteiger partial charge in [-0.05, 0) is 41.5 Å². The van der Waals surface area contributed by atoms with Crippen molar-refractivity contribution in [2.75, 3.05) is 0 Å². The lowest BCUT2D eigenvalue weighted by molar-refractivity contribution is 0.448. The summed E-state index contributed by atoms with van der Waals surface area (Å²) in [5, 5.41) is 0.852. The zero-order chi connectivity index (χ0) is 13.4. The number of nitrogens with zero attached hydrogens (tertiary/aromatic N) is 1. The summed E-state index contributed by atoms with van der Waals surface area (Å²) in [4.78, 5) is 4.16. The number of rotatable bonds is 1. The summed E-state index contributed by atoms with van der Waals surface area (Å²) < 4.78 is 39.3. The molecule has 4 heteroatoms. The minimum atomic E-state index is -1.45. The van der Waals surface area contributed by atoms with Gasteiger partial charge in [-0.1, -0.05) is 12.1 Å². The van der Waals surface area contributed by atoms with E-state index < -0.39 is 17.5 Å². The van der Waals surface area contributed by atoms with Gasteiger partial charge in [0.2, 0.25) is 0 Å². The molecule has 3 rings (SSSR count). The minimum Gasteiger partial charge on any atom is -0.256 e. The number of hydrogen-bond donors (Lipinski definition) is 0. The van der Waals surface area contributed by atoms with Crippen molar-refractivity contribution in [3.63, 3.8) is 0 Å². The molecule has 0 saturated carbocycles. The van der Waals surface area contributed by atoms with Gasteiger partial charge in [0, 0.05) is 11.6 Å². The zero-order valence-electron chi connectivity index (χ0n) is 9.70. The number of halogens is 3. The molecule has 19 heavy (non-hydrogen) atoms. The standard InChI is InChI=1S/C15H8F3N/c16-12-7-11(8-13(17)15(12)18)9-3-4-14-10(6-9)2-1-5-19-14/h1-8H. The van der Waals surface area contributed by atoms with Crippen molar-refractivity contribution in [1.82, 2.24) is 4.98 Å². The maximum atomic E-state index is 13.2. The van der Waals surface area contributed by atoms with Gasteiger partial charge in [-0.3, -0.25) is 4.98 Å². The van der Waals surface area contributed by atoms with Crippen LogP contribution >= 0.6 is 0 Å². The minimum absolute atomic E-state index is 0.294. The van der Waals surface area contributed by atoms with Gasteiger partial charge in [0.25, 0.3) is 0 Å². The van der Waals surface area contributed by atoms with Gasteiger partial charge in [0.1, 0.15) is 0 Å². The monoisotopic (exact) mass is 259 g/mol. The molecule has 0 fully saturated rings. The molecule has 0 aliphatic carbocycles. The Morgan fingerprint density at radius 3 is 2.26 bits per heavy atom. The van der Waals surface area contributed by atoms with E-state index >= 15 is 0 Å². The second-order valence-electron chi connectivity index (χ2n) is 4.16. The Morgan fingerprint density at radius 1 is 0.789 bits per heavy atom. The zero-order valence-corrected chi connectivity index (χ0v) is 9.70. The molecule has 0 unspecified atom stereocenters. The Kier molecular flexibility index (Phi) is 2.71. The van der Waals surface area contributed by atoms with Gasteiger partial charge in [-0.15, -0.1) is 0 Å². The van der Waals surface area contributed by atoms with Crippen LogP contribution in [0.5, 0.6) is 0 Å². The Bertz CT molecular complexity index is 745. The predicted molar refractivity (Wildman–Crippen MR) is 67.1 cm³/mol. The number of benzene rings is 2. The van der Waals surface area contributed by atoms with E-state index in [1.54, 1.807) is 30.5 Å². The van der Waals surface area contributed by atoms with Crippen LogP contribution in [0.15, 0.2) is 48.7 Å². The molecule has 0 aliphatic rings. The molecule has 0 N–H and O–H groups in total. The van der Waals surface area contributed by atoms with Gasteiger partial charge in [0.05, 0.1) is 5.52 Å². The van der Waals surface area contributed by atoms with Crippen molar-refractivity contribution in [1.29, 1.82) is 0 Å². The van der Waals surface area contributed by atoms with Crippen LogP contribution in [0, 0.1) is 17.5 Å². The molecule has 3 aromatic rings. The van der Waals surface area contributed by atoms with Gasteiger partial charge in [-0.25, -0.2) is 13.2 Å². The maximum Gasteiger partial charge on any atom is 0.194 e. The first-order chi connectivity index (χ1) is 9.15.